The number of fused-ring (bicyclic) bond motifs is 3. The molecular weight excluding hydrogens is 753 g/mol. The molecule has 0 unspecified atom stereocenters. The number of rotatable bonds is 6. The van der Waals surface area contributed by atoms with Crippen LogP contribution < -0.4 is 0 Å². The second-order valence-corrected chi connectivity index (χ2v) is 13.9. The van der Waals surface area contributed by atoms with E-state index in [1.807, 2.05) is 89.5 Å². The molecule has 2 heterocycles. The Morgan fingerprint density at radius 1 is 0.426 bits per heavy atom. The van der Waals surface area contributed by atoms with E-state index < -0.39 is 0 Å². The number of aromatic nitrogens is 4. The van der Waals surface area contributed by atoms with Crippen LogP contribution in [0, 0.1) is 58.5 Å². The Bertz CT molecular complexity index is 3320. The van der Waals surface area contributed by atoms with E-state index >= 15 is 0 Å². The molecule has 2 aromatic heterocycles. The van der Waals surface area contributed by atoms with E-state index in [9.17, 15) is 21.0 Å². The topological polar surface area (TPSA) is 147 Å². The zero-order chi connectivity index (χ0) is 42.0. The van der Waals surface area contributed by atoms with Crippen molar-refractivity contribution in [3.05, 3.63) is 191 Å². The summed E-state index contributed by atoms with van der Waals surface area (Å²) in [6, 6.07) is 52.4. The van der Waals surface area contributed by atoms with Crippen LogP contribution in [0.3, 0.4) is 0 Å². The lowest BCUT2D eigenvalue weighted by atomic mass is 9.88. The van der Waals surface area contributed by atoms with Crippen molar-refractivity contribution in [3.63, 3.8) is 0 Å². The molecule has 0 N–H and O–H groups in total. The third-order valence-corrected chi connectivity index (χ3v) is 10.4. The highest BCUT2D eigenvalue weighted by atomic mass is 15.0. The lowest BCUT2D eigenvalue weighted by molar-refractivity contribution is 1.07. The highest BCUT2D eigenvalue weighted by Crippen LogP contribution is 2.46. The summed E-state index contributed by atoms with van der Waals surface area (Å²) in [4.78, 5) is 22.3. The average Bonchev–Trinajstić information content (AvgIpc) is 3.65. The van der Waals surface area contributed by atoms with Crippen LogP contribution in [-0.4, -0.2) is 19.5 Å². The van der Waals surface area contributed by atoms with Crippen LogP contribution >= 0.6 is 0 Å². The molecule has 0 amide bonds. The normalized spacial score (nSPS) is 10.5. The first kappa shape index (κ1) is 36.9. The summed E-state index contributed by atoms with van der Waals surface area (Å²) in [7, 11) is 0. The maximum absolute atomic E-state index is 10.7. The zero-order valence-electron chi connectivity index (χ0n) is 31.8. The molecule has 278 valence electrons. The minimum atomic E-state index is 0.223. The van der Waals surface area contributed by atoms with Crippen molar-refractivity contribution in [1.82, 2.24) is 19.5 Å². The molecule has 0 aliphatic rings. The monoisotopic (exact) mass is 776 g/mol. The van der Waals surface area contributed by atoms with Gasteiger partial charge in [-0.25, -0.2) is 24.6 Å². The summed E-state index contributed by atoms with van der Waals surface area (Å²) in [5.74, 6) is 1.17. The van der Waals surface area contributed by atoms with Crippen LogP contribution in [0.2, 0.25) is 0 Å². The highest BCUT2D eigenvalue weighted by Gasteiger charge is 2.26. The summed E-state index contributed by atoms with van der Waals surface area (Å²) in [5.41, 5.74) is 7.89. The molecule has 10 heteroatoms. The van der Waals surface area contributed by atoms with Gasteiger partial charge in [0.15, 0.2) is 28.8 Å². The van der Waals surface area contributed by atoms with Gasteiger partial charge in [-0.2, -0.15) is 21.0 Å². The lowest BCUT2D eigenvalue weighted by Gasteiger charge is -2.22. The number of hydrogen-bond acceptors (Lipinski definition) is 7. The summed E-state index contributed by atoms with van der Waals surface area (Å²) in [5, 5.41) is 42.7. The molecule has 0 aliphatic heterocycles. The maximum Gasteiger partial charge on any atom is 0.188 e. The van der Waals surface area contributed by atoms with Gasteiger partial charge in [-0.3, -0.25) is 0 Å². The number of benzene rings is 7. The molecule has 0 saturated carbocycles. The zero-order valence-corrected chi connectivity index (χ0v) is 31.8. The van der Waals surface area contributed by atoms with E-state index in [-0.39, 0.29) is 16.8 Å². The molecule has 0 atom stereocenters. The highest BCUT2D eigenvalue weighted by molar-refractivity contribution is 6.12. The number of nitrogens with zero attached hydrogens (tertiary/aromatic N) is 10. The fourth-order valence-electron chi connectivity index (χ4n) is 7.61. The van der Waals surface area contributed by atoms with Gasteiger partial charge in [0, 0.05) is 44.3 Å². The third-order valence-electron chi connectivity index (χ3n) is 10.4. The third kappa shape index (κ3) is 6.50. The van der Waals surface area contributed by atoms with Crippen molar-refractivity contribution >= 4 is 33.2 Å². The molecule has 0 spiro atoms. The van der Waals surface area contributed by atoms with E-state index in [4.69, 9.17) is 28.1 Å². The van der Waals surface area contributed by atoms with E-state index in [1.54, 1.807) is 48.5 Å². The molecule has 7 aromatic carbocycles. The van der Waals surface area contributed by atoms with Gasteiger partial charge < -0.3 is 4.57 Å². The fourth-order valence-corrected chi connectivity index (χ4v) is 7.61. The van der Waals surface area contributed by atoms with Crippen molar-refractivity contribution in [3.8, 4) is 86.4 Å². The van der Waals surface area contributed by atoms with Crippen molar-refractivity contribution in [2.75, 3.05) is 0 Å². The Morgan fingerprint density at radius 3 is 1.44 bits per heavy atom. The molecule has 9 rings (SSSR count). The Kier molecular flexibility index (Phi) is 9.27. The second-order valence-electron chi connectivity index (χ2n) is 13.9. The van der Waals surface area contributed by atoms with Gasteiger partial charge >= 0.3 is 0 Å². The predicted octanol–water partition coefficient (Wildman–Crippen LogP) is 11.9. The van der Waals surface area contributed by atoms with Gasteiger partial charge in [0.1, 0.15) is 0 Å². The average molecular weight is 777 g/mol. The predicted molar refractivity (Wildman–Crippen MR) is 233 cm³/mol. The van der Waals surface area contributed by atoms with Crippen molar-refractivity contribution in [2.45, 2.75) is 0 Å². The largest absolute Gasteiger partial charge is 0.308 e. The maximum atomic E-state index is 10.7. The van der Waals surface area contributed by atoms with E-state index in [1.165, 1.54) is 12.1 Å². The summed E-state index contributed by atoms with van der Waals surface area (Å²) in [6.45, 7) is 15.6. The van der Waals surface area contributed by atoms with Gasteiger partial charge in [-0.05, 0) is 71.6 Å². The van der Waals surface area contributed by atoms with Gasteiger partial charge in [0.2, 0.25) is 0 Å². The Morgan fingerprint density at radius 2 is 0.885 bits per heavy atom. The summed E-state index contributed by atoms with van der Waals surface area (Å²) in [6.07, 6.45) is 0. The fraction of sp³-hybridized carbons (Fsp3) is 0. The molecule has 9 aromatic rings. The molecule has 10 nitrogen and oxygen atoms in total. The van der Waals surface area contributed by atoms with Crippen LogP contribution in [0.5, 0.6) is 0 Å². The standard InChI is InChI=1S/C51H24N10/c1-56-38-15-18-41(37(23-38)30-55)45-25-35(51-59-49(33-9-5-3-6-10-33)58-50(60-51)34-11-7-4-8-12-34)24-44(40-17-13-31(27-52)21-36(40)29-54)48(45)61-46-19-14-32(28-53)22-42(46)43-26-39(57-2)16-20-47(43)61/h3-26H. The van der Waals surface area contributed by atoms with Crippen LogP contribution in [-0.2, 0) is 0 Å². The van der Waals surface area contributed by atoms with Gasteiger partial charge in [0.05, 0.1) is 70.8 Å². The second kappa shape index (κ2) is 15.3. The molecular formula is C51H24N10. The Labute approximate surface area is 349 Å². The van der Waals surface area contributed by atoms with E-state index in [0.717, 1.165) is 11.1 Å². The Balaban J connectivity index is 1.49. The minimum absolute atomic E-state index is 0.223. The number of hydrogen-bond donors (Lipinski definition) is 0. The van der Waals surface area contributed by atoms with Crippen LogP contribution in [0.4, 0.5) is 11.4 Å². The first-order chi connectivity index (χ1) is 29.9. The minimum Gasteiger partial charge on any atom is -0.308 e. The van der Waals surface area contributed by atoms with Crippen molar-refractivity contribution < 1.29 is 0 Å². The van der Waals surface area contributed by atoms with Gasteiger partial charge in [0.25, 0.3) is 0 Å². The summed E-state index contributed by atoms with van der Waals surface area (Å²) < 4.78 is 2.01. The lowest BCUT2D eigenvalue weighted by Crippen LogP contribution is -2.05. The molecule has 61 heavy (non-hydrogen) atoms. The number of nitriles is 4. The Hall–Kier alpha value is -9.71. The molecule has 0 fully saturated rings. The van der Waals surface area contributed by atoms with E-state index in [2.05, 4.69) is 34.0 Å². The van der Waals surface area contributed by atoms with Crippen LogP contribution in [0.1, 0.15) is 22.3 Å². The van der Waals surface area contributed by atoms with Crippen LogP contribution in [0.15, 0.2) is 146 Å². The quantitative estimate of drug-likeness (QED) is 0.153. The van der Waals surface area contributed by atoms with Gasteiger partial charge in [-0.1, -0.05) is 84.9 Å². The van der Waals surface area contributed by atoms with Crippen molar-refractivity contribution in [2.24, 2.45) is 0 Å². The molecule has 0 bridgehead atoms. The molecule has 0 radical (unpaired) electrons. The first-order valence-corrected chi connectivity index (χ1v) is 18.7. The molecule has 0 aliphatic carbocycles. The smallest absolute Gasteiger partial charge is 0.188 e. The molecule has 0 saturated heterocycles. The summed E-state index contributed by atoms with van der Waals surface area (Å²) >= 11 is 0. The van der Waals surface area contributed by atoms with Gasteiger partial charge in [-0.15, -0.1) is 0 Å². The van der Waals surface area contributed by atoms with Crippen LogP contribution in [0.25, 0.3) is 93.6 Å². The SMILES string of the molecule is [C-]#[N+]c1ccc(-c2cc(-c3nc(-c4ccccc4)nc(-c4ccccc4)n3)cc(-c3ccc(C#N)cc3C#N)c2-n2c3ccc(C#N)cc3c3cc([N+]#[C-])ccc32)c(C#N)c1. The van der Waals surface area contributed by atoms with Crippen molar-refractivity contribution in [1.29, 1.82) is 21.0 Å². The first-order valence-electron chi connectivity index (χ1n) is 18.7. The van der Waals surface area contributed by atoms with E-state index in [0.29, 0.717) is 89.6 Å².